The van der Waals surface area contributed by atoms with E-state index in [1.165, 1.54) is 42.1 Å². The number of Topliss-reactive ketones (excluding diaryl/α,β-unsaturated/α-hetero) is 1. The molecular weight excluding hydrogens is 401 g/mol. The monoisotopic (exact) mass is 413 g/mol. The summed E-state index contributed by atoms with van der Waals surface area (Å²) in [5.41, 5.74) is 0.166. The third-order valence-corrected chi connectivity index (χ3v) is 4.71. The Balaban J connectivity index is 1.97. The first-order valence-corrected chi connectivity index (χ1v) is 8.81. The maximum absolute atomic E-state index is 14.7. The van der Waals surface area contributed by atoms with E-state index in [0.717, 1.165) is 0 Å². The molecule has 0 aliphatic carbocycles. The molecule has 0 saturated heterocycles. The molecule has 0 spiro atoms. The first kappa shape index (κ1) is 18.8. The van der Waals surface area contributed by atoms with Crippen molar-refractivity contribution in [2.75, 3.05) is 12.4 Å². The number of allylic oxidation sites excluding steroid dienone is 1. The highest BCUT2D eigenvalue weighted by Gasteiger charge is 2.39. The van der Waals surface area contributed by atoms with Gasteiger partial charge < -0.3 is 10.1 Å². The van der Waals surface area contributed by atoms with Crippen molar-refractivity contribution < 1.29 is 18.7 Å². The highest BCUT2D eigenvalue weighted by molar-refractivity contribution is 6.30. The van der Waals surface area contributed by atoms with Crippen molar-refractivity contribution in [3.05, 3.63) is 81.8 Å². The maximum atomic E-state index is 14.7. The van der Waals surface area contributed by atoms with Crippen LogP contribution in [0.15, 0.2) is 59.8 Å². The van der Waals surface area contributed by atoms with Gasteiger partial charge in [0, 0.05) is 16.1 Å². The number of carbonyl (C=O) groups excluding carboxylic acids is 2. The Hall–Kier alpha value is -3.59. The number of aromatic nitrogens is 4. The zero-order chi connectivity index (χ0) is 20.5. The van der Waals surface area contributed by atoms with Crippen molar-refractivity contribution in [3.63, 3.8) is 0 Å². The average molecular weight is 414 g/mol. The number of methoxy groups -OCH3 is 1. The van der Waals surface area contributed by atoms with Gasteiger partial charge in [0.25, 0.3) is 0 Å². The van der Waals surface area contributed by atoms with E-state index in [4.69, 9.17) is 16.3 Å². The minimum absolute atomic E-state index is 0.0518. The first-order chi connectivity index (χ1) is 14.0. The quantitative estimate of drug-likeness (QED) is 0.518. The van der Waals surface area contributed by atoms with E-state index in [1.54, 1.807) is 18.2 Å². The molecule has 1 aromatic heterocycles. The van der Waals surface area contributed by atoms with Gasteiger partial charge in [0.2, 0.25) is 5.95 Å². The van der Waals surface area contributed by atoms with Gasteiger partial charge in [0.1, 0.15) is 17.6 Å². The van der Waals surface area contributed by atoms with Crippen LogP contribution >= 0.6 is 11.6 Å². The molecule has 0 saturated carbocycles. The fourth-order valence-corrected chi connectivity index (χ4v) is 3.26. The molecule has 0 unspecified atom stereocenters. The number of esters is 1. The number of ketones is 1. The number of tetrazole rings is 1. The van der Waals surface area contributed by atoms with Crippen LogP contribution < -0.4 is 5.32 Å². The van der Waals surface area contributed by atoms with Crippen LogP contribution in [0.4, 0.5) is 10.3 Å². The number of carbonyl (C=O) groups is 2. The summed E-state index contributed by atoms with van der Waals surface area (Å²) in [5, 5.41) is 14.4. The molecule has 0 amide bonds. The second kappa shape index (κ2) is 7.44. The van der Waals surface area contributed by atoms with Crippen molar-refractivity contribution in [1.82, 2.24) is 20.2 Å². The molecule has 0 bridgehead atoms. The lowest BCUT2D eigenvalue weighted by Gasteiger charge is -2.28. The predicted molar refractivity (Wildman–Crippen MR) is 101 cm³/mol. The van der Waals surface area contributed by atoms with Gasteiger partial charge in [-0.1, -0.05) is 34.9 Å². The summed E-state index contributed by atoms with van der Waals surface area (Å²) in [4.78, 5) is 25.9. The topological polar surface area (TPSA) is 99.0 Å². The first-order valence-electron chi connectivity index (χ1n) is 8.43. The van der Waals surface area contributed by atoms with Gasteiger partial charge in [-0.25, -0.2) is 9.18 Å². The molecule has 146 valence electrons. The van der Waals surface area contributed by atoms with Gasteiger partial charge in [0.05, 0.1) is 12.7 Å². The zero-order valence-corrected chi connectivity index (χ0v) is 15.7. The van der Waals surface area contributed by atoms with Crippen LogP contribution in [0.1, 0.15) is 22.0 Å². The number of ether oxygens (including phenoxy) is 1. The van der Waals surface area contributed by atoms with Crippen LogP contribution in [0.25, 0.3) is 0 Å². The SMILES string of the molecule is COC(=O)C1=C(C(=O)c2ccc(Cl)cc2)[C@H](c2ccccc2F)n2nnnc2N1. The number of hydrogen-bond acceptors (Lipinski definition) is 7. The number of nitrogens with zero attached hydrogens (tertiary/aromatic N) is 4. The highest BCUT2D eigenvalue weighted by atomic mass is 35.5. The number of halogens is 2. The van der Waals surface area contributed by atoms with Crippen molar-refractivity contribution >= 4 is 29.3 Å². The minimum atomic E-state index is -1.08. The van der Waals surface area contributed by atoms with E-state index >= 15 is 0 Å². The summed E-state index contributed by atoms with van der Waals surface area (Å²) < 4.78 is 20.8. The molecule has 1 aliphatic rings. The van der Waals surface area contributed by atoms with E-state index in [1.807, 2.05) is 0 Å². The molecular formula is C19H13ClFN5O3. The Labute approximate surface area is 168 Å². The lowest BCUT2D eigenvalue weighted by Crippen LogP contribution is -2.33. The molecule has 3 aromatic rings. The third kappa shape index (κ3) is 3.25. The average Bonchev–Trinajstić information content (AvgIpc) is 3.21. The van der Waals surface area contributed by atoms with Crippen LogP contribution in [0.2, 0.25) is 5.02 Å². The van der Waals surface area contributed by atoms with Gasteiger partial charge in [-0.3, -0.25) is 4.79 Å². The zero-order valence-electron chi connectivity index (χ0n) is 15.0. The molecule has 1 atom stereocenters. The summed E-state index contributed by atoms with van der Waals surface area (Å²) in [5.74, 6) is -1.83. The molecule has 1 aliphatic heterocycles. The largest absolute Gasteiger partial charge is 0.464 e. The summed E-state index contributed by atoms with van der Waals surface area (Å²) in [7, 11) is 1.18. The Morgan fingerprint density at radius 3 is 2.59 bits per heavy atom. The number of rotatable bonds is 4. The van der Waals surface area contributed by atoms with Gasteiger partial charge in [-0.05, 0) is 40.8 Å². The Morgan fingerprint density at radius 1 is 1.17 bits per heavy atom. The van der Waals surface area contributed by atoms with Crippen LogP contribution in [0.5, 0.6) is 0 Å². The molecule has 4 rings (SSSR count). The van der Waals surface area contributed by atoms with E-state index < -0.39 is 23.6 Å². The minimum Gasteiger partial charge on any atom is -0.464 e. The molecule has 8 nitrogen and oxygen atoms in total. The summed E-state index contributed by atoms with van der Waals surface area (Å²) in [6.07, 6.45) is 0. The smallest absolute Gasteiger partial charge is 0.355 e. The van der Waals surface area contributed by atoms with Gasteiger partial charge >= 0.3 is 5.97 Å². The van der Waals surface area contributed by atoms with Crippen LogP contribution in [0.3, 0.4) is 0 Å². The number of anilines is 1. The van der Waals surface area contributed by atoms with Gasteiger partial charge in [-0.15, -0.1) is 0 Å². The van der Waals surface area contributed by atoms with Crippen LogP contribution in [-0.2, 0) is 9.53 Å². The molecule has 2 aromatic carbocycles. The van der Waals surface area contributed by atoms with E-state index in [-0.39, 0.29) is 28.3 Å². The number of nitrogens with one attached hydrogen (secondary N) is 1. The highest BCUT2D eigenvalue weighted by Crippen LogP contribution is 2.37. The molecule has 29 heavy (non-hydrogen) atoms. The Kier molecular flexibility index (Phi) is 4.81. The van der Waals surface area contributed by atoms with Crippen molar-refractivity contribution in [2.24, 2.45) is 0 Å². The van der Waals surface area contributed by atoms with Crippen molar-refractivity contribution in [3.8, 4) is 0 Å². The second-order valence-electron chi connectivity index (χ2n) is 6.11. The van der Waals surface area contributed by atoms with Gasteiger partial charge in [-0.2, -0.15) is 4.68 Å². The molecule has 1 N–H and O–H groups in total. The van der Waals surface area contributed by atoms with Crippen LogP contribution in [0, 0.1) is 5.82 Å². The summed E-state index contributed by atoms with van der Waals surface area (Å²) in [6.45, 7) is 0. The van der Waals surface area contributed by atoms with E-state index in [2.05, 4.69) is 20.8 Å². The summed E-state index contributed by atoms with van der Waals surface area (Å²) in [6, 6.07) is 10.9. The maximum Gasteiger partial charge on any atom is 0.355 e. The molecule has 0 radical (unpaired) electrons. The van der Waals surface area contributed by atoms with Gasteiger partial charge in [0.15, 0.2) is 5.78 Å². The Bertz CT molecular complexity index is 1140. The summed E-state index contributed by atoms with van der Waals surface area (Å²) >= 11 is 5.91. The third-order valence-electron chi connectivity index (χ3n) is 4.46. The van der Waals surface area contributed by atoms with Crippen molar-refractivity contribution in [1.29, 1.82) is 0 Å². The lowest BCUT2D eigenvalue weighted by atomic mass is 9.89. The standard InChI is InChI=1S/C19H13ClFN5O3/c1-29-18(28)15-14(17(27)10-6-8-11(20)9-7-10)16(12-4-2-3-5-13(12)21)26-19(22-15)23-24-25-26/h2-9,16H,1H3,(H,22,23,25)/t16-/m0/s1. The normalized spacial score (nSPS) is 15.5. The molecule has 2 heterocycles. The fraction of sp³-hybridized carbons (Fsp3) is 0.105. The number of hydrogen-bond donors (Lipinski definition) is 1. The number of fused-ring (bicyclic) bond motifs is 1. The predicted octanol–water partition coefficient (Wildman–Crippen LogP) is 2.79. The number of benzene rings is 2. The molecule has 10 heteroatoms. The van der Waals surface area contributed by atoms with Crippen LogP contribution in [-0.4, -0.2) is 39.1 Å². The fourth-order valence-electron chi connectivity index (χ4n) is 3.13. The molecule has 0 fully saturated rings. The Morgan fingerprint density at radius 2 is 1.90 bits per heavy atom. The van der Waals surface area contributed by atoms with E-state index in [9.17, 15) is 14.0 Å². The lowest BCUT2D eigenvalue weighted by molar-refractivity contribution is -0.136. The second-order valence-corrected chi connectivity index (χ2v) is 6.55. The van der Waals surface area contributed by atoms with Crippen molar-refractivity contribution in [2.45, 2.75) is 6.04 Å². The van der Waals surface area contributed by atoms with E-state index in [0.29, 0.717) is 5.02 Å².